The van der Waals surface area contributed by atoms with Crippen molar-refractivity contribution in [1.82, 2.24) is 9.13 Å². The molecule has 0 fully saturated rings. The Morgan fingerprint density at radius 1 is 0.381 bits per heavy atom. The van der Waals surface area contributed by atoms with Crippen LogP contribution in [0.2, 0.25) is 0 Å². The van der Waals surface area contributed by atoms with Gasteiger partial charge in [-0.2, -0.15) is 5.26 Å². The average Bonchev–Trinajstić information content (AvgIpc) is 3.92. The van der Waals surface area contributed by atoms with E-state index in [9.17, 15) is 5.26 Å². The topological polar surface area (TPSA) is 36.9 Å². The minimum Gasteiger partial charge on any atom is -0.310 e. The number of hydrogen-bond donors (Lipinski definition) is 0. The quantitative estimate of drug-likeness (QED) is 0.156. The summed E-state index contributed by atoms with van der Waals surface area (Å²) < 4.78 is 4.85. The zero-order valence-corrected chi connectivity index (χ0v) is 51.9. The van der Waals surface area contributed by atoms with E-state index >= 15 is 0 Å². The van der Waals surface area contributed by atoms with Crippen molar-refractivity contribution < 1.29 is 0 Å². The van der Waals surface area contributed by atoms with Crippen molar-refractivity contribution in [2.24, 2.45) is 0 Å². The Balaban J connectivity index is 0.970. The summed E-state index contributed by atoms with van der Waals surface area (Å²) in [6.07, 6.45) is 0. The summed E-state index contributed by atoms with van der Waals surface area (Å²) in [5.41, 5.74) is 22.1. The van der Waals surface area contributed by atoms with E-state index in [1.54, 1.807) is 0 Å². The Bertz CT molecular complexity index is 4530. The minimum absolute atomic E-state index is 0.00396. The maximum absolute atomic E-state index is 10.8. The van der Waals surface area contributed by atoms with Crippen molar-refractivity contribution in [2.45, 2.75) is 124 Å². The van der Waals surface area contributed by atoms with Crippen LogP contribution in [0.3, 0.4) is 0 Å². The number of benzene rings is 10. The molecule has 0 bridgehead atoms. The van der Waals surface area contributed by atoms with Crippen LogP contribution in [0.4, 0.5) is 17.1 Å². The summed E-state index contributed by atoms with van der Waals surface area (Å²) in [7, 11) is 0. The molecule has 7 heteroatoms. The fraction of sp³-hybridized carbons (Fsp3) is 0.208. The monoisotopic (exact) mass is 1120 g/mol. The van der Waals surface area contributed by atoms with Crippen molar-refractivity contribution >= 4 is 107 Å². The molecule has 0 atom stereocenters. The summed E-state index contributed by atoms with van der Waals surface area (Å²) in [5.74, 6) is 0. The van der Waals surface area contributed by atoms with Gasteiger partial charge >= 0.3 is 0 Å². The van der Waals surface area contributed by atoms with Crippen molar-refractivity contribution in [3.63, 3.8) is 0 Å². The molecule has 2 aliphatic rings. The van der Waals surface area contributed by atoms with E-state index in [4.69, 9.17) is 0 Å². The molecule has 0 radical (unpaired) electrons. The third kappa shape index (κ3) is 8.99. The molecule has 0 unspecified atom stereocenters. The third-order valence-electron chi connectivity index (χ3n) is 17.7. The second-order valence-corrected chi connectivity index (χ2v) is 29.6. The Labute approximate surface area is 504 Å². The number of aromatic nitrogens is 2. The van der Waals surface area contributed by atoms with E-state index in [1.165, 1.54) is 90.8 Å². The summed E-state index contributed by atoms with van der Waals surface area (Å²) in [6.45, 7) is 27.6. The maximum Gasteiger partial charge on any atom is 0.247 e. The highest BCUT2D eigenvalue weighted by Crippen LogP contribution is 2.47. The number of fused-ring (bicyclic) bond motifs is 10. The van der Waals surface area contributed by atoms with Gasteiger partial charge in [0.25, 0.3) is 0 Å². The Hall–Kier alpha value is -8.15. The van der Waals surface area contributed by atoms with Crippen LogP contribution in [-0.2, 0) is 21.7 Å². The Kier molecular flexibility index (Phi) is 12.5. The molecule has 10 aromatic carbocycles. The van der Waals surface area contributed by atoms with Gasteiger partial charge in [-0.05, 0) is 164 Å². The van der Waals surface area contributed by atoms with Gasteiger partial charge in [0, 0.05) is 75.1 Å². The third-order valence-corrected chi connectivity index (χ3v) is 20.0. The molecule has 14 rings (SSSR count). The van der Waals surface area contributed by atoms with Gasteiger partial charge in [-0.25, -0.2) is 0 Å². The molecular formula is C77H69BN4S2. The van der Waals surface area contributed by atoms with E-state index in [0.717, 1.165) is 50.6 Å². The van der Waals surface area contributed by atoms with E-state index in [1.807, 2.05) is 29.6 Å². The van der Waals surface area contributed by atoms with Crippen LogP contribution in [0.25, 0.3) is 66.1 Å². The van der Waals surface area contributed by atoms with E-state index in [0.29, 0.717) is 5.56 Å². The first kappa shape index (κ1) is 53.8. The lowest BCUT2D eigenvalue weighted by atomic mass is 9.36. The highest BCUT2D eigenvalue weighted by Gasteiger charge is 2.40. The first-order valence-corrected chi connectivity index (χ1v) is 31.2. The summed E-state index contributed by atoms with van der Waals surface area (Å²) >= 11 is 3.77. The normalized spacial score (nSPS) is 13.3. The zero-order chi connectivity index (χ0) is 58.4. The van der Waals surface area contributed by atoms with Crippen molar-refractivity contribution in [1.29, 1.82) is 5.26 Å². The average molecular weight is 1130 g/mol. The molecule has 2 aromatic heterocycles. The Morgan fingerprint density at radius 3 is 1.30 bits per heavy atom. The van der Waals surface area contributed by atoms with Crippen LogP contribution < -0.4 is 21.3 Å². The van der Waals surface area contributed by atoms with E-state index < -0.39 is 0 Å². The lowest BCUT2D eigenvalue weighted by Crippen LogP contribution is -2.58. The summed E-state index contributed by atoms with van der Waals surface area (Å²) in [6, 6.07) is 78.0. The van der Waals surface area contributed by atoms with Gasteiger partial charge in [0.05, 0.1) is 33.7 Å². The van der Waals surface area contributed by atoms with Gasteiger partial charge < -0.3 is 14.0 Å². The van der Waals surface area contributed by atoms with Crippen LogP contribution in [0, 0.1) is 11.3 Å². The van der Waals surface area contributed by atoms with Gasteiger partial charge in [-0.15, -0.1) is 0 Å². The highest BCUT2D eigenvalue weighted by molar-refractivity contribution is 8.01. The fourth-order valence-corrected chi connectivity index (χ4v) is 15.6. The second kappa shape index (κ2) is 19.5. The predicted molar refractivity (Wildman–Crippen MR) is 361 cm³/mol. The van der Waals surface area contributed by atoms with E-state index in [2.05, 4.69) is 297 Å². The number of rotatable bonds is 6. The van der Waals surface area contributed by atoms with Crippen molar-refractivity contribution in [3.05, 3.63) is 228 Å². The smallest absolute Gasteiger partial charge is 0.247 e. The molecular weight excluding hydrogens is 1060 g/mol. The molecule has 84 heavy (non-hydrogen) atoms. The van der Waals surface area contributed by atoms with Crippen molar-refractivity contribution in [2.75, 3.05) is 4.90 Å². The number of anilines is 3. The second-order valence-electron chi connectivity index (χ2n) is 27.4. The van der Waals surface area contributed by atoms with Crippen molar-refractivity contribution in [3.8, 4) is 28.6 Å². The van der Waals surface area contributed by atoms with Crippen LogP contribution in [0.1, 0.15) is 111 Å². The van der Waals surface area contributed by atoms with Gasteiger partial charge in [0.15, 0.2) is 0 Å². The number of para-hydroxylation sites is 2. The molecule has 0 saturated carbocycles. The zero-order valence-electron chi connectivity index (χ0n) is 50.2. The predicted octanol–water partition coefficient (Wildman–Crippen LogP) is 19.5. The molecule has 0 aliphatic carbocycles. The van der Waals surface area contributed by atoms with Crippen LogP contribution in [0.5, 0.6) is 0 Å². The van der Waals surface area contributed by atoms with E-state index in [-0.39, 0.29) is 28.4 Å². The molecule has 4 nitrogen and oxygen atoms in total. The summed E-state index contributed by atoms with van der Waals surface area (Å²) in [5, 5.41) is 15.8. The first-order valence-electron chi connectivity index (χ1n) is 29.6. The molecule has 12 aromatic rings. The summed E-state index contributed by atoms with van der Waals surface area (Å²) in [4.78, 5) is 7.42. The molecule has 0 saturated heterocycles. The maximum atomic E-state index is 10.8. The fourth-order valence-electron chi connectivity index (χ4n) is 13.0. The van der Waals surface area contributed by atoms with Gasteiger partial charge in [-0.3, -0.25) is 0 Å². The molecule has 0 amide bonds. The SMILES string of the molecule is CC(C)(C)c1ccc(N(c2ccc(C(C)(C)C)cc2)c2cc3c4c(c2)Sc2cc(-n5c6ccc(C(C)(C)C)cc6c6cc(C(C)(C)C)ccc65)ccc2B4c2ccc(-c4cc(-n5c6ccccc6c6ccccc65)ccc4C#N)cc2S3)cc1. The molecule has 0 spiro atoms. The highest BCUT2D eigenvalue weighted by atomic mass is 32.2. The van der Waals surface area contributed by atoms with Crippen LogP contribution >= 0.6 is 23.5 Å². The Morgan fingerprint density at radius 2 is 0.810 bits per heavy atom. The minimum atomic E-state index is -0.0218. The van der Waals surface area contributed by atoms with Gasteiger partial charge in [-0.1, -0.05) is 209 Å². The van der Waals surface area contributed by atoms with Crippen LogP contribution in [-0.4, -0.2) is 15.8 Å². The molecule has 4 heterocycles. The lowest BCUT2D eigenvalue weighted by molar-refractivity contribution is 0.590. The molecule has 2 aliphatic heterocycles. The van der Waals surface area contributed by atoms with Gasteiger partial charge in [0.1, 0.15) is 0 Å². The standard InChI is InChI=1S/C77H69BN4S2/c1-74(2,3)49-23-30-53(31-24-49)80(54-32-25-50(26-33-54)75(4,5)6)57-44-71-73-72(45-57)84-70-43-56(82-67-37-27-51(76(7,8)9)40-61(67)62-41-52(77(10,11)12)28-38-68(62)82)34-36-64(70)78(73)63-35-22-47(39-69(63)83-71)60-42-55(29-21-48(60)46-79)81-65-19-15-13-17-58(65)59-18-14-16-20-66(59)81/h13-45H,1-12H3. The molecule has 412 valence electrons. The number of nitrogens with zero attached hydrogens (tertiary/aromatic N) is 4. The molecule has 0 N–H and O–H groups in total. The largest absolute Gasteiger partial charge is 0.310 e. The van der Waals surface area contributed by atoms with Gasteiger partial charge in [0.2, 0.25) is 6.71 Å². The van der Waals surface area contributed by atoms with Crippen LogP contribution in [0.15, 0.2) is 220 Å². The number of nitriles is 1. The number of hydrogen-bond acceptors (Lipinski definition) is 4. The lowest BCUT2D eigenvalue weighted by Gasteiger charge is -2.35. The first-order chi connectivity index (χ1) is 40.1.